The van der Waals surface area contributed by atoms with E-state index in [4.69, 9.17) is 9.84 Å². The zero-order valence-corrected chi connectivity index (χ0v) is 10.7. The highest BCUT2D eigenvalue weighted by molar-refractivity contribution is 5.78. The van der Waals surface area contributed by atoms with Crippen molar-refractivity contribution in [3.05, 3.63) is 0 Å². The van der Waals surface area contributed by atoms with Crippen LogP contribution >= 0.6 is 0 Å². The van der Waals surface area contributed by atoms with Crippen LogP contribution in [0.4, 0.5) is 0 Å². The minimum Gasteiger partial charge on any atom is -0.481 e. The van der Waals surface area contributed by atoms with E-state index in [1.165, 1.54) is 0 Å². The van der Waals surface area contributed by atoms with E-state index in [9.17, 15) is 9.59 Å². The lowest BCUT2D eigenvalue weighted by atomic mass is 9.93. The molecule has 0 bridgehead atoms. The Kier molecular flexibility index (Phi) is 4.51. The second-order valence-electron chi connectivity index (χ2n) is 5.14. The fourth-order valence-corrected chi connectivity index (χ4v) is 2.06. The molecule has 0 spiro atoms. The molecule has 3 atom stereocenters. The van der Waals surface area contributed by atoms with Crippen molar-refractivity contribution in [2.75, 3.05) is 6.61 Å². The predicted molar refractivity (Wildman–Crippen MR) is 62.6 cm³/mol. The topological polar surface area (TPSA) is 75.6 Å². The average molecular weight is 243 g/mol. The summed E-state index contributed by atoms with van der Waals surface area (Å²) in [6, 6.07) is 0. The molecule has 3 unspecified atom stereocenters. The molecule has 5 nitrogen and oxygen atoms in total. The van der Waals surface area contributed by atoms with Crippen molar-refractivity contribution in [2.45, 2.75) is 51.7 Å². The SMILES string of the molecule is CC(CC(=O)O)CC(=O)NC1(C)CCOC1C. The van der Waals surface area contributed by atoms with Crippen molar-refractivity contribution in [3.8, 4) is 0 Å². The van der Waals surface area contributed by atoms with E-state index in [1.54, 1.807) is 6.92 Å². The molecule has 98 valence electrons. The lowest BCUT2D eigenvalue weighted by Gasteiger charge is -2.29. The molecule has 17 heavy (non-hydrogen) atoms. The summed E-state index contributed by atoms with van der Waals surface area (Å²) < 4.78 is 5.43. The highest BCUT2D eigenvalue weighted by atomic mass is 16.5. The Morgan fingerprint density at radius 3 is 2.65 bits per heavy atom. The van der Waals surface area contributed by atoms with Gasteiger partial charge in [-0.15, -0.1) is 0 Å². The van der Waals surface area contributed by atoms with Crippen molar-refractivity contribution in [1.82, 2.24) is 5.32 Å². The maximum atomic E-state index is 11.8. The highest BCUT2D eigenvalue weighted by Gasteiger charge is 2.38. The number of carboxylic acid groups (broad SMARTS) is 1. The van der Waals surface area contributed by atoms with Crippen LogP contribution in [0.25, 0.3) is 0 Å². The third-order valence-electron chi connectivity index (χ3n) is 3.37. The van der Waals surface area contributed by atoms with Gasteiger partial charge in [0.05, 0.1) is 11.6 Å². The number of ether oxygens (including phenoxy) is 1. The van der Waals surface area contributed by atoms with E-state index < -0.39 is 5.97 Å². The van der Waals surface area contributed by atoms with Gasteiger partial charge in [-0.05, 0) is 26.2 Å². The van der Waals surface area contributed by atoms with Crippen molar-refractivity contribution >= 4 is 11.9 Å². The van der Waals surface area contributed by atoms with Gasteiger partial charge in [0.25, 0.3) is 0 Å². The van der Waals surface area contributed by atoms with Gasteiger partial charge in [0.2, 0.25) is 5.91 Å². The molecule has 0 aromatic carbocycles. The van der Waals surface area contributed by atoms with Crippen LogP contribution < -0.4 is 5.32 Å². The van der Waals surface area contributed by atoms with Crippen molar-refractivity contribution < 1.29 is 19.4 Å². The summed E-state index contributed by atoms with van der Waals surface area (Å²) in [7, 11) is 0. The number of carbonyl (C=O) groups excluding carboxylic acids is 1. The van der Waals surface area contributed by atoms with Gasteiger partial charge in [-0.25, -0.2) is 0 Å². The molecular weight excluding hydrogens is 222 g/mol. The lowest BCUT2D eigenvalue weighted by Crippen LogP contribution is -2.50. The maximum absolute atomic E-state index is 11.8. The fourth-order valence-electron chi connectivity index (χ4n) is 2.06. The van der Waals surface area contributed by atoms with Crippen LogP contribution in [0, 0.1) is 5.92 Å². The summed E-state index contributed by atoms with van der Waals surface area (Å²) in [5.41, 5.74) is -0.319. The van der Waals surface area contributed by atoms with Gasteiger partial charge in [-0.3, -0.25) is 9.59 Å². The molecule has 0 aliphatic carbocycles. The van der Waals surface area contributed by atoms with Gasteiger partial charge < -0.3 is 15.2 Å². The van der Waals surface area contributed by atoms with Crippen molar-refractivity contribution in [3.63, 3.8) is 0 Å². The van der Waals surface area contributed by atoms with E-state index in [-0.39, 0.29) is 36.3 Å². The molecular formula is C12H21NO4. The van der Waals surface area contributed by atoms with Crippen LogP contribution in [0.2, 0.25) is 0 Å². The molecule has 1 aliphatic rings. The summed E-state index contributed by atoms with van der Waals surface area (Å²) in [6.45, 7) is 6.33. The van der Waals surface area contributed by atoms with Crippen molar-refractivity contribution in [2.24, 2.45) is 5.92 Å². The monoisotopic (exact) mass is 243 g/mol. The smallest absolute Gasteiger partial charge is 0.303 e. The summed E-state index contributed by atoms with van der Waals surface area (Å²) in [6.07, 6.45) is 1.07. The molecule has 0 aromatic heterocycles. The number of aliphatic carboxylic acids is 1. The van der Waals surface area contributed by atoms with Gasteiger partial charge in [-0.1, -0.05) is 6.92 Å². The molecule has 1 rings (SSSR count). The van der Waals surface area contributed by atoms with Gasteiger partial charge in [0.1, 0.15) is 0 Å². The second kappa shape index (κ2) is 5.49. The third kappa shape index (κ3) is 4.00. The lowest BCUT2D eigenvalue weighted by molar-refractivity contribution is -0.138. The molecule has 1 amide bonds. The first-order valence-corrected chi connectivity index (χ1v) is 5.98. The number of hydrogen-bond donors (Lipinski definition) is 2. The van der Waals surface area contributed by atoms with Crippen LogP contribution in [-0.2, 0) is 14.3 Å². The Morgan fingerprint density at radius 2 is 2.18 bits per heavy atom. The number of nitrogens with one attached hydrogen (secondary N) is 1. The molecule has 0 saturated carbocycles. The molecule has 5 heteroatoms. The summed E-state index contributed by atoms with van der Waals surface area (Å²) >= 11 is 0. The van der Waals surface area contributed by atoms with Crippen LogP contribution in [0.3, 0.4) is 0 Å². The Balaban J connectivity index is 2.41. The van der Waals surface area contributed by atoms with Gasteiger partial charge in [-0.2, -0.15) is 0 Å². The minimum absolute atomic E-state index is 0.00114. The van der Waals surface area contributed by atoms with E-state index in [0.29, 0.717) is 6.61 Å². The quantitative estimate of drug-likeness (QED) is 0.760. The molecule has 1 aliphatic heterocycles. The Hall–Kier alpha value is -1.10. The number of carboxylic acids is 1. The number of rotatable bonds is 5. The Labute approximate surface area is 102 Å². The largest absolute Gasteiger partial charge is 0.481 e. The third-order valence-corrected chi connectivity index (χ3v) is 3.37. The Bertz CT molecular complexity index is 305. The summed E-state index contributed by atoms with van der Waals surface area (Å²) in [4.78, 5) is 22.3. The first-order valence-electron chi connectivity index (χ1n) is 5.98. The van der Waals surface area contributed by atoms with E-state index >= 15 is 0 Å². The molecule has 2 N–H and O–H groups in total. The molecule has 1 saturated heterocycles. The Morgan fingerprint density at radius 1 is 1.53 bits per heavy atom. The van der Waals surface area contributed by atoms with Crippen molar-refractivity contribution in [1.29, 1.82) is 0 Å². The number of hydrogen-bond acceptors (Lipinski definition) is 3. The molecule has 0 radical (unpaired) electrons. The standard InChI is InChI=1S/C12H21NO4/c1-8(7-11(15)16)6-10(14)13-12(3)4-5-17-9(12)2/h8-9H,4-7H2,1-3H3,(H,13,14)(H,15,16). The van der Waals surface area contributed by atoms with E-state index in [1.807, 2.05) is 13.8 Å². The predicted octanol–water partition coefficient (Wildman–Crippen LogP) is 1.17. The minimum atomic E-state index is -0.867. The molecule has 1 heterocycles. The van der Waals surface area contributed by atoms with Gasteiger partial charge in [0.15, 0.2) is 0 Å². The average Bonchev–Trinajstić information content (AvgIpc) is 2.44. The first-order chi connectivity index (χ1) is 7.83. The van der Waals surface area contributed by atoms with Gasteiger partial charge >= 0.3 is 5.97 Å². The fraction of sp³-hybridized carbons (Fsp3) is 0.833. The second-order valence-corrected chi connectivity index (χ2v) is 5.14. The maximum Gasteiger partial charge on any atom is 0.303 e. The number of carbonyl (C=O) groups is 2. The van der Waals surface area contributed by atoms with E-state index in [2.05, 4.69) is 5.32 Å². The zero-order chi connectivity index (χ0) is 13.1. The number of amides is 1. The van der Waals surface area contributed by atoms with Gasteiger partial charge in [0, 0.05) is 19.4 Å². The molecule has 1 fully saturated rings. The zero-order valence-electron chi connectivity index (χ0n) is 10.7. The first kappa shape index (κ1) is 14.0. The normalized spacial score (nSPS) is 29.9. The summed E-state index contributed by atoms with van der Waals surface area (Å²) in [5, 5.41) is 11.6. The van der Waals surface area contributed by atoms with Crippen LogP contribution in [0.1, 0.15) is 40.0 Å². The van der Waals surface area contributed by atoms with E-state index in [0.717, 1.165) is 6.42 Å². The van der Waals surface area contributed by atoms with Crippen LogP contribution in [0.5, 0.6) is 0 Å². The summed E-state index contributed by atoms with van der Waals surface area (Å²) in [5.74, 6) is -1.11. The van der Waals surface area contributed by atoms with Crippen LogP contribution in [0.15, 0.2) is 0 Å². The highest BCUT2D eigenvalue weighted by Crippen LogP contribution is 2.25. The molecule has 0 aromatic rings. The van der Waals surface area contributed by atoms with Crippen LogP contribution in [-0.4, -0.2) is 35.2 Å².